The highest BCUT2D eigenvalue weighted by Gasteiger charge is 2.39. The first-order chi connectivity index (χ1) is 10.7. The maximum atomic E-state index is 12.3. The lowest BCUT2D eigenvalue weighted by molar-refractivity contribution is -0.163. The molecule has 0 unspecified atom stereocenters. The van der Waals surface area contributed by atoms with Crippen LogP contribution >= 0.6 is 11.8 Å². The second kappa shape index (κ2) is 8.76. The van der Waals surface area contributed by atoms with Gasteiger partial charge < -0.3 is 20.1 Å². The van der Waals surface area contributed by atoms with E-state index >= 15 is 0 Å². The van der Waals surface area contributed by atoms with Crippen LogP contribution in [-0.2, 0) is 23.9 Å². The standard InChI is InChI=1S/C14H22N2O6S/c1-9(17)22-11-12(19)16-5-4-10(18)15-6-7-23-13(20)21-8-14(11,2)3/h11H,4-8H2,1-3H3,(H,15,18)(H,16,19)/t11-/m0/s1. The summed E-state index contributed by atoms with van der Waals surface area (Å²) in [5.41, 5.74) is -0.904. The highest BCUT2D eigenvalue weighted by Crippen LogP contribution is 2.25. The number of carbonyl (C=O) groups is 4. The molecule has 0 saturated carbocycles. The molecule has 2 amide bonds. The Hall–Kier alpha value is -1.77. The van der Waals surface area contributed by atoms with E-state index in [1.807, 2.05) is 0 Å². The molecule has 0 bridgehead atoms. The number of cyclic esters (lactones) is 1. The number of amides is 2. The van der Waals surface area contributed by atoms with Gasteiger partial charge in [0, 0.05) is 37.6 Å². The minimum absolute atomic E-state index is 0.0729. The van der Waals surface area contributed by atoms with Crippen molar-refractivity contribution in [2.45, 2.75) is 33.3 Å². The van der Waals surface area contributed by atoms with E-state index in [1.54, 1.807) is 13.8 Å². The molecule has 23 heavy (non-hydrogen) atoms. The number of carbonyl (C=O) groups excluding carboxylic acids is 4. The second-order valence-electron chi connectivity index (χ2n) is 5.76. The van der Waals surface area contributed by atoms with Gasteiger partial charge in [0.25, 0.3) is 5.91 Å². The Morgan fingerprint density at radius 1 is 1.26 bits per heavy atom. The molecular weight excluding hydrogens is 324 g/mol. The van der Waals surface area contributed by atoms with E-state index < -0.39 is 28.7 Å². The lowest BCUT2D eigenvalue weighted by Gasteiger charge is -2.32. The average Bonchev–Trinajstić information content (AvgIpc) is 2.46. The maximum Gasteiger partial charge on any atom is 0.367 e. The molecule has 1 heterocycles. The van der Waals surface area contributed by atoms with Gasteiger partial charge in [0.1, 0.15) is 6.61 Å². The van der Waals surface area contributed by atoms with E-state index in [9.17, 15) is 19.2 Å². The third-order valence-corrected chi connectivity index (χ3v) is 3.85. The van der Waals surface area contributed by atoms with Gasteiger partial charge in [-0.1, -0.05) is 13.8 Å². The van der Waals surface area contributed by atoms with Crippen LogP contribution in [0.25, 0.3) is 0 Å². The molecular formula is C14H22N2O6S. The van der Waals surface area contributed by atoms with Gasteiger partial charge in [-0.2, -0.15) is 0 Å². The number of ether oxygens (including phenoxy) is 2. The smallest absolute Gasteiger partial charge is 0.367 e. The molecule has 2 N–H and O–H groups in total. The SMILES string of the molecule is CC(=O)O[C@H]1C(=O)NCCC(=O)NCCSC(=O)OCC1(C)C. The number of nitrogens with one attached hydrogen (secondary N) is 2. The molecule has 1 aliphatic rings. The molecule has 0 aromatic rings. The highest BCUT2D eigenvalue weighted by atomic mass is 32.2. The summed E-state index contributed by atoms with van der Waals surface area (Å²) >= 11 is 0.937. The van der Waals surface area contributed by atoms with Crippen LogP contribution in [0.2, 0.25) is 0 Å². The van der Waals surface area contributed by atoms with Gasteiger partial charge in [-0.05, 0) is 11.8 Å². The van der Waals surface area contributed by atoms with Gasteiger partial charge in [0.2, 0.25) is 5.91 Å². The fraction of sp³-hybridized carbons (Fsp3) is 0.714. The fourth-order valence-electron chi connectivity index (χ4n) is 1.90. The zero-order valence-corrected chi connectivity index (χ0v) is 14.3. The van der Waals surface area contributed by atoms with E-state index in [1.165, 1.54) is 6.92 Å². The lowest BCUT2D eigenvalue weighted by atomic mass is 9.86. The average molecular weight is 346 g/mol. The molecule has 130 valence electrons. The summed E-state index contributed by atoms with van der Waals surface area (Å²) < 4.78 is 10.2. The van der Waals surface area contributed by atoms with Crippen LogP contribution in [0.15, 0.2) is 0 Å². The minimum atomic E-state index is -1.12. The van der Waals surface area contributed by atoms with E-state index in [0.29, 0.717) is 12.3 Å². The summed E-state index contributed by atoms with van der Waals surface area (Å²) in [6.45, 7) is 4.92. The largest absolute Gasteiger partial charge is 0.457 e. The number of esters is 1. The molecule has 0 aliphatic carbocycles. The van der Waals surface area contributed by atoms with Crippen molar-refractivity contribution < 1.29 is 28.7 Å². The van der Waals surface area contributed by atoms with Gasteiger partial charge in [0.15, 0.2) is 6.10 Å². The first-order valence-electron chi connectivity index (χ1n) is 7.23. The van der Waals surface area contributed by atoms with Gasteiger partial charge in [-0.15, -0.1) is 0 Å². The maximum absolute atomic E-state index is 12.3. The molecule has 9 heteroatoms. The van der Waals surface area contributed by atoms with E-state index in [-0.39, 0.29) is 25.5 Å². The Labute approximate surface area is 139 Å². The normalized spacial score (nSPS) is 23.8. The predicted molar refractivity (Wildman–Crippen MR) is 83.8 cm³/mol. The summed E-state index contributed by atoms with van der Waals surface area (Å²) in [6.07, 6.45) is -1.02. The highest BCUT2D eigenvalue weighted by molar-refractivity contribution is 8.13. The summed E-state index contributed by atoms with van der Waals surface area (Å²) in [5.74, 6) is -0.985. The second-order valence-corrected chi connectivity index (χ2v) is 6.79. The Kier molecular flexibility index (Phi) is 7.34. The van der Waals surface area contributed by atoms with Crippen molar-refractivity contribution in [1.29, 1.82) is 0 Å². The van der Waals surface area contributed by atoms with E-state index in [2.05, 4.69) is 10.6 Å². The van der Waals surface area contributed by atoms with E-state index in [4.69, 9.17) is 9.47 Å². The Balaban J connectivity index is 2.87. The first kappa shape index (κ1) is 19.3. The van der Waals surface area contributed by atoms with Gasteiger partial charge >= 0.3 is 11.3 Å². The molecule has 1 atom stereocenters. The van der Waals surface area contributed by atoms with Crippen LogP contribution in [0.3, 0.4) is 0 Å². The van der Waals surface area contributed by atoms with Crippen molar-refractivity contribution in [1.82, 2.24) is 10.6 Å². The Bertz CT molecular complexity index is 480. The topological polar surface area (TPSA) is 111 Å². The molecule has 1 rings (SSSR count). The first-order valence-corrected chi connectivity index (χ1v) is 8.22. The zero-order chi connectivity index (χ0) is 17.5. The third kappa shape index (κ3) is 6.89. The van der Waals surface area contributed by atoms with Crippen molar-refractivity contribution in [2.24, 2.45) is 5.41 Å². The number of hydrogen-bond donors (Lipinski definition) is 2. The van der Waals surface area contributed by atoms with Crippen LogP contribution in [0.5, 0.6) is 0 Å². The molecule has 1 aliphatic heterocycles. The van der Waals surface area contributed by atoms with Crippen LogP contribution in [-0.4, -0.2) is 54.6 Å². The molecule has 1 fully saturated rings. The van der Waals surface area contributed by atoms with Crippen molar-refractivity contribution in [3.05, 3.63) is 0 Å². The van der Waals surface area contributed by atoms with Crippen LogP contribution < -0.4 is 10.6 Å². The summed E-state index contributed by atoms with van der Waals surface area (Å²) in [6, 6.07) is 0. The van der Waals surface area contributed by atoms with Crippen molar-refractivity contribution in [3.63, 3.8) is 0 Å². The van der Waals surface area contributed by atoms with E-state index in [0.717, 1.165) is 11.8 Å². The predicted octanol–water partition coefficient (Wildman–Crippen LogP) is 0.450. The summed E-state index contributed by atoms with van der Waals surface area (Å²) in [5, 5.41) is 4.69. The van der Waals surface area contributed by atoms with Crippen molar-refractivity contribution in [3.8, 4) is 0 Å². The number of hydrogen-bond acceptors (Lipinski definition) is 7. The third-order valence-electron chi connectivity index (χ3n) is 3.09. The summed E-state index contributed by atoms with van der Waals surface area (Å²) in [7, 11) is 0. The molecule has 0 radical (unpaired) electrons. The minimum Gasteiger partial charge on any atom is -0.457 e. The number of rotatable bonds is 1. The quantitative estimate of drug-likeness (QED) is 0.663. The monoisotopic (exact) mass is 346 g/mol. The van der Waals surface area contributed by atoms with Crippen LogP contribution in [0.1, 0.15) is 27.2 Å². The van der Waals surface area contributed by atoms with Gasteiger partial charge in [-0.25, -0.2) is 4.79 Å². The molecule has 0 aromatic heterocycles. The lowest BCUT2D eigenvalue weighted by Crippen LogP contribution is -2.49. The Morgan fingerprint density at radius 3 is 2.61 bits per heavy atom. The van der Waals surface area contributed by atoms with Gasteiger partial charge in [-0.3, -0.25) is 14.4 Å². The van der Waals surface area contributed by atoms with Crippen molar-refractivity contribution in [2.75, 3.05) is 25.4 Å². The molecule has 1 saturated heterocycles. The van der Waals surface area contributed by atoms with Gasteiger partial charge in [0.05, 0.1) is 0 Å². The molecule has 0 spiro atoms. The van der Waals surface area contributed by atoms with Crippen LogP contribution in [0, 0.1) is 5.41 Å². The number of thioether (sulfide) groups is 1. The van der Waals surface area contributed by atoms with Crippen LogP contribution in [0.4, 0.5) is 4.79 Å². The fourth-order valence-corrected chi connectivity index (χ4v) is 2.41. The zero-order valence-electron chi connectivity index (χ0n) is 13.5. The molecule has 8 nitrogen and oxygen atoms in total. The Morgan fingerprint density at radius 2 is 1.96 bits per heavy atom. The summed E-state index contributed by atoms with van der Waals surface area (Å²) in [4.78, 5) is 46.7. The van der Waals surface area contributed by atoms with Crippen molar-refractivity contribution >= 4 is 34.8 Å². The molecule has 0 aromatic carbocycles.